The Morgan fingerprint density at radius 3 is 1.55 bits per heavy atom. The van der Waals surface area contributed by atoms with Gasteiger partial charge in [-0.3, -0.25) is 19.2 Å². The van der Waals surface area contributed by atoms with Crippen LogP contribution in [0.15, 0.2) is 59.7 Å². The number of allylic oxidation sites excluding steroid dienone is 1. The Kier molecular flexibility index (Phi) is 6.11. The van der Waals surface area contributed by atoms with E-state index in [2.05, 4.69) is 15.9 Å². The van der Waals surface area contributed by atoms with Crippen molar-refractivity contribution in [2.24, 2.45) is 29.1 Å². The van der Waals surface area contributed by atoms with Gasteiger partial charge in [-0.1, -0.05) is 46.1 Å². The topological polar surface area (TPSA) is 101 Å². The summed E-state index contributed by atoms with van der Waals surface area (Å²) in [6, 6.07) is 12.5. The fraction of sp³-hybridized carbons (Fsp3) is 0.345. The number of carbonyl (C=O) groups excluding carboxylic acids is 5. The van der Waals surface area contributed by atoms with Crippen LogP contribution in [0, 0.1) is 29.1 Å². The number of anilines is 2. The van der Waals surface area contributed by atoms with Crippen molar-refractivity contribution in [1.29, 1.82) is 0 Å². The van der Waals surface area contributed by atoms with E-state index in [0.29, 0.717) is 27.0 Å². The molecule has 4 amide bonds. The van der Waals surface area contributed by atoms with E-state index in [1.165, 1.54) is 0 Å². The van der Waals surface area contributed by atoms with Gasteiger partial charge in [0.05, 0.1) is 46.0 Å². The monoisotopic (exact) mass is 644 g/mol. The van der Waals surface area contributed by atoms with Gasteiger partial charge >= 0.3 is 5.97 Å². The lowest BCUT2D eigenvalue weighted by Crippen LogP contribution is -2.67. The molecule has 0 aromatic heterocycles. The molecular formula is C29H23BrCl2N2O6. The van der Waals surface area contributed by atoms with Gasteiger partial charge in [-0.2, -0.15) is 0 Å². The number of alkyl halides is 1. The summed E-state index contributed by atoms with van der Waals surface area (Å²) < 4.78 is 3.92. The Balaban J connectivity index is 1.58. The number of ether oxygens (including phenoxy) is 1. The number of hydrogen-bond donors (Lipinski definition) is 0. The highest BCUT2D eigenvalue weighted by Gasteiger charge is 2.81. The highest BCUT2D eigenvalue weighted by molar-refractivity contribution is 9.10. The standard InChI is InChI=1S/C29H23BrCl2N2O6/c1-4-40-27(39)18-13(2)29(30)21-19(23(35)33(25(21)37)16-9-5-14(31)6-10-16)28(18,3)20-22(29)26(38)34(24(20)36)17-11-7-15(32)8-12-17/h5-12,19-22H,4H2,1-3H3/t19-,20-,21-,22-,28?,29?/m1/s1. The van der Waals surface area contributed by atoms with Gasteiger partial charge in [-0.25, -0.2) is 14.6 Å². The summed E-state index contributed by atoms with van der Waals surface area (Å²) in [7, 11) is 0. The van der Waals surface area contributed by atoms with Crippen molar-refractivity contribution >= 4 is 80.1 Å². The zero-order chi connectivity index (χ0) is 28.9. The molecule has 7 rings (SSSR count). The van der Waals surface area contributed by atoms with Gasteiger partial charge in [0.25, 0.3) is 0 Å². The van der Waals surface area contributed by atoms with Crippen LogP contribution in [0.1, 0.15) is 20.8 Å². The molecule has 3 fully saturated rings. The first-order chi connectivity index (χ1) is 18.9. The van der Waals surface area contributed by atoms with Gasteiger partial charge in [-0.15, -0.1) is 0 Å². The van der Waals surface area contributed by atoms with E-state index in [1.807, 2.05) is 0 Å². The molecule has 1 saturated carbocycles. The van der Waals surface area contributed by atoms with E-state index < -0.39 is 63.0 Å². The third-order valence-corrected chi connectivity index (χ3v) is 11.0. The van der Waals surface area contributed by atoms with Crippen molar-refractivity contribution in [3.8, 4) is 0 Å². The van der Waals surface area contributed by atoms with E-state index in [9.17, 15) is 24.0 Å². The van der Waals surface area contributed by atoms with Crippen LogP contribution in [-0.2, 0) is 28.7 Å². The quantitative estimate of drug-likeness (QED) is 0.265. The lowest BCUT2D eigenvalue weighted by molar-refractivity contribution is -0.152. The number of nitrogens with zero attached hydrogens (tertiary/aromatic N) is 2. The van der Waals surface area contributed by atoms with Crippen LogP contribution < -0.4 is 9.80 Å². The van der Waals surface area contributed by atoms with Crippen LogP contribution in [0.5, 0.6) is 0 Å². The summed E-state index contributed by atoms with van der Waals surface area (Å²) in [6.45, 7) is 5.02. The Morgan fingerprint density at radius 1 is 0.800 bits per heavy atom. The van der Waals surface area contributed by atoms with Crippen molar-refractivity contribution in [3.63, 3.8) is 0 Å². The molecule has 0 radical (unpaired) electrons. The van der Waals surface area contributed by atoms with Crippen LogP contribution in [0.25, 0.3) is 0 Å². The van der Waals surface area contributed by atoms with Gasteiger partial charge in [0.1, 0.15) is 0 Å². The maximum Gasteiger partial charge on any atom is 0.334 e. The molecule has 2 aromatic rings. The van der Waals surface area contributed by atoms with E-state index in [4.69, 9.17) is 27.9 Å². The van der Waals surface area contributed by atoms with Gasteiger partial charge in [0, 0.05) is 21.0 Å². The molecule has 40 heavy (non-hydrogen) atoms. The van der Waals surface area contributed by atoms with Gasteiger partial charge in [-0.05, 0) is 68.0 Å². The molecule has 2 heterocycles. The molecule has 3 aliphatic carbocycles. The highest BCUT2D eigenvalue weighted by Crippen LogP contribution is 2.72. The molecule has 5 aliphatic rings. The van der Waals surface area contributed by atoms with Crippen LogP contribution in [0.2, 0.25) is 10.0 Å². The van der Waals surface area contributed by atoms with Crippen LogP contribution in [-0.4, -0.2) is 40.5 Å². The smallest absolute Gasteiger partial charge is 0.334 e. The van der Waals surface area contributed by atoms with Crippen LogP contribution >= 0.6 is 39.1 Å². The van der Waals surface area contributed by atoms with Crippen molar-refractivity contribution in [2.45, 2.75) is 25.1 Å². The van der Waals surface area contributed by atoms with Gasteiger partial charge in [0.2, 0.25) is 23.6 Å². The number of hydrogen-bond acceptors (Lipinski definition) is 6. The lowest BCUT2D eigenvalue weighted by atomic mass is 9.43. The fourth-order valence-corrected chi connectivity index (χ4v) is 8.79. The van der Waals surface area contributed by atoms with E-state index in [0.717, 1.165) is 9.80 Å². The van der Waals surface area contributed by atoms with Crippen molar-refractivity contribution in [3.05, 3.63) is 69.7 Å². The second-order valence-electron chi connectivity index (χ2n) is 10.7. The second kappa shape index (κ2) is 8.99. The molecule has 4 atom stereocenters. The number of imide groups is 2. The zero-order valence-electron chi connectivity index (χ0n) is 21.6. The van der Waals surface area contributed by atoms with Crippen LogP contribution in [0.4, 0.5) is 11.4 Å². The predicted molar refractivity (Wildman–Crippen MR) is 151 cm³/mol. The average Bonchev–Trinajstić information content (AvgIpc) is 3.34. The summed E-state index contributed by atoms with van der Waals surface area (Å²) in [4.78, 5) is 72.5. The second-order valence-corrected chi connectivity index (χ2v) is 12.8. The molecule has 2 aromatic carbocycles. The molecule has 8 nitrogen and oxygen atoms in total. The predicted octanol–water partition coefficient (Wildman–Crippen LogP) is 4.95. The molecule has 2 aliphatic heterocycles. The molecular weight excluding hydrogens is 623 g/mol. The molecule has 2 saturated heterocycles. The summed E-state index contributed by atoms with van der Waals surface area (Å²) in [5.74, 6) is -7.16. The molecule has 0 unspecified atom stereocenters. The molecule has 11 heteroatoms. The van der Waals surface area contributed by atoms with Crippen molar-refractivity contribution in [2.75, 3.05) is 16.4 Å². The van der Waals surface area contributed by atoms with Gasteiger partial charge in [0.15, 0.2) is 0 Å². The number of carbonyl (C=O) groups is 5. The summed E-state index contributed by atoms with van der Waals surface area (Å²) in [6.07, 6.45) is 0. The van der Waals surface area contributed by atoms with Crippen molar-refractivity contribution in [1.82, 2.24) is 0 Å². The molecule has 0 spiro atoms. The first-order valence-corrected chi connectivity index (χ1v) is 14.3. The van der Waals surface area contributed by atoms with Gasteiger partial charge < -0.3 is 4.74 Å². The number of rotatable bonds is 4. The summed E-state index contributed by atoms with van der Waals surface area (Å²) >= 11 is 15.8. The largest absolute Gasteiger partial charge is 0.463 e. The Bertz CT molecular complexity index is 1460. The number of halogens is 3. The molecule has 0 N–H and O–H groups in total. The van der Waals surface area contributed by atoms with Crippen LogP contribution in [0.3, 0.4) is 0 Å². The van der Waals surface area contributed by atoms with E-state index >= 15 is 0 Å². The maximum absolute atomic E-state index is 14.2. The summed E-state index contributed by atoms with van der Waals surface area (Å²) in [5, 5.41) is 0.860. The molecule has 2 bridgehead atoms. The zero-order valence-corrected chi connectivity index (χ0v) is 24.7. The fourth-order valence-electron chi connectivity index (χ4n) is 7.42. The minimum atomic E-state index is -1.51. The normalized spacial score (nSPS) is 32.6. The first-order valence-electron chi connectivity index (χ1n) is 12.7. The lowest BCUT2D eigenvalue weighted by Gasteiger charge is -2.59. The number of esters is 1. The Morgan fingerprint density at radius 2 is 1.18 bits per heavy atom. The number of amides is 4. The minimum Gasteiger partial charge on any atom is -0.463 e. The minimum absolute atomic E-state index is 0.0662. The highest BCUT2D eigenvalue weighted by atomic mass is 79.9. The SMILES string of the molecule is CCOC(=O)C1=C(C)C2(Br)[C@H]3C(=O)N(c4ccc(Cl)cc4)C(=O)[C@@H]3C1(C)[C@H]1C(=O)N(c3ccc(Cl)cc3)C(=O)[C@@H]12. The van der Waals surface area contributed by atoms with Crippen molar-refractivity contribution < 1.29 is 28.7 Å². The Labute approximate surface area is 248 Å². The Hall–Kier alpha value is -3.01. The third kappa shape index (κ3) is 3.22. The summed E-state index contributed by atoms with van der Waals surface area (Å²) in [5.41, 5.74) is -0.327. The van der Waals surface area contributed by atoms with E-state index in [1.54, 1.807) is 69.3 Å². The third-order valence-electron chi connectivity index (χ3n) is 8.95. The van der Waals surface area contributed by atoms with E-state index in [-0.39, 0.29) is 12.2 Å². The maximum atomic E-state index is 14.2. The first kappa shape index (κ1) is 27.2. The number of benzene rings is 2. The average molecular weight is 646 g/mol. The molecule has 206 valence electrons.